The zero-order valence-corrected chi connectivity index (χ0v) is 7.66. The molecule has 0 fully saturated rings. The molecule has 0 aliphatic carbocycles. The molecule has 0 aliphatic rings. The molecule has 1 unspecified atom stereocenters. The van der Waals surface area contributed by atoms with Crippen molar-refractivity contribution in [1.82, 2.24) is 0 Å². The van der Waals surface area contributed by atoms with Crippen molar-refractivity contribution in [3.05, 3.63) is 23.8 Å². The molecule has 1 rings (SSSR count). The second-order valence-electron chi connectivity index (χ2n) is 2.84. The van der Waals surface area contributed by atoms with Crippen molar-refractivity contribution in [1.29, 1.82) is 0 Å². The van der Waals surface area contributed by atoms with Gasteiger partial charge in [-0.05, 0) is 11.6 Å². The summed E-state index contributed by atoms with van der Waals surface area (Å²) in [5, 5.41) is 0. The van der Waals surface area contributed by atoms with Crippen LogP contribution in [0.2, 0.25) is 0 Å². The lowest BCUT2D eigenvalue weighted by atomic mass is 10.1. The van der Waals surface area contributed by atoms with E-state index in [4.69, 9.17) is 21.9 Å². The van der Waals surface area contributed by atoms with Gasteiger partial charge in [0.2, 0.25) is 0 Å². The van der Waals surface area contributed by atoms with Crippen molar-refractivity contribution in [2.24, 2.45) is 11.5 Å². The Morgan fingerprint density at radius 1 is 1.46 bits per heavy atom. The van der Waals surface area contributed by atoms with Gasteiger partial charge >= 0.3 is 0 Å². The second kappa shape index (κ2) is 4.11. The van der Waals surface area contributed by atoms with Gasteiger partial charge in [0.15, 0.2) is 0 Å². The molecule has 0 aromatic heterocycles. The number of hydrogen-bond acceptors (Lipinski definition) is 4. The number of ether oxygens (including phenoxy) is 1. The predicted octanol–water partition coefficient (Wildman–Crippen LogP) is 0.236. The Balaban J connectivity index is 2.98. The highest BCUT2D eigenvalue weighted by molar-refractivity contribution is 5.52. The van der Waals surface area contributed by atoms with Crippen LogP contribution in [0.3, 0.4) is 0 Å². The van der Waals surface area contributed by atoms with Gasteiger partial charge in [-0.15, -0.1) is 0 Å². The number of hydrogen-bond donors (Lipinski definition) is 3. The van der Waals surface area contributed by atoms with E-state index in [0.29, 0.717) is 12.2 Å². The molecule has 0 saturated carbocycles. The number of benzene rings is 1. The summed E-state index contributed by atoms with van der Waals surface area (Å²) >= 11 is 0. The number of nitrogens with two attached hydrogens (primary N) is 3. The minimum absolute atomic E-state index is 0.203. The van der Waals surface area contributed by atoms with Gasteiger partial charge in [0, 0.05) is 24.3 Å². The van der Waals surface area contributed by atoms with Crippen LogP contribution < -0.4 is 21.9 Å². The highest BCUT2D eigenvalue weighted by Crippen LogP contribution is 2.23. The number of anilines is 1. The minimum Gasteiger partial charge on any atom is -0.497 e. The summed E-state index contributed by atoms with van der Waals surface area (Å²) in [6.45, 7) is 0.385. The Labute approximate surface area is 77.7 Å². The summed E-state index contributed by atoms with van der Waals surface area (Å²) in [4.78, 5) is 0. The Kier molecular flexibility index (Phi) is 3.11. The van der Waals surface area contributed by atoms with Crippen molar-refractivity contribution >= 4 is 5.69 Å². The summed E-state index contributed by atoms with van der Waals surface area (Å²) in [6, 6.07) is 5.20. The van der Waals surface area contributed by atoms with Gasteiger partial charge < -0.3 is 21.9 Å². The molecule has 0 bridgehead atoms. The maximum atomic E-state index is 5.76. The number of methoxy groups -OCH3 is 1. The predicted molar refractivity (Wildman–Crippen MR) is 53.4 cm³/mol. The van der Waals surface area contributed by atoms with Crippen LogP contribution in [0.5, 0.6) is 5.75 Å². The van der Waals surface area contributed by atoms with Crippen LogP contribution in [0.25, 0.3) is 0 Å². The fourth-order valence-corrected chi connectivity index (χ4v) is 1.14. The van der Waals surface area contributed by atoms with E-state index in [1.165, 1.54) is 0 Å². The summed E-state index contributed by atoms with van der Waals surface area (Å²) < 4.78 is 5.01. The summed E-state index contributed by atoms with van der Waals surface area (Å²) in [6.07, 6.45) is 0. The first-order chi connectivity index (χ1) is 6.19. The SMILES string of the molecule is COc1ccc(C(N)CN)c(N)c1. The third-order valence-corrected chi connectivity index (χ3v) is 1.95. The zero-order chi connectivity index (χ0) is 9.84. The lowest BCUT2D eigenvalue weighted by Crippen LogP contribution is -2.21. The first-order valence-corrected chi connectivity index (χ1v) is 4.08. The van der Waals surface area contributed by atoms with Crippen molar-refractivity contribution in [3.63, 3.8) is 0 Å². The molecule has 0 amide bonds. The summed E-state index contributed by atoms with van der Waals surface area (Å²) in [5.74, 6) is 0.727. The topological polar surface area (TPSA) is 87.3 Å². The quantitative estimate of drug-likeness (QED) is 0.583. The van der Waals surface area contributed by atoms with E-state index in [-0.39, 0.29) is 6.04 Å². The Morgan fingerprint density at radius 2 is 2.15 bits per heavy atom. The van der Waals surface area contributed by atoms with E-state index in [2.05, 4.69) is 0 Å². The van der Waals surface area contributed by atoms with Crippen molar-refractivity contribution in [3.8, 4) is 5.75 Å². The van der Waals surface area contributed by atoms with Crippen LogP contribution in [-0.4, -0.2) is 13.7 Å². The van der Waals surface area contributed by atoms with E-state index < -0.39 is 0 Å². The van der Waals surface area contributed by atoms with Crippen molar-refractivity contribution < 1.29 is 4.74 Å². The van der Waals surface area contributed by atoms with E-state index >= 15 is 0 Å². The molecule has 1 aromatic carbocycles. The smallest absolute Gasteiger partial charge is 0.120 e. The van der Waals surface area contributed by atoms with E-state index in [1.807, 2.05) is 12.1 Å². The largest absolute Gasteiger partial charge is 0.497 e. The zero-order valence-electron chi connectivity index (χ0n) is 7.66. The normalized spacial score (nSPS) is 12.5. The van der Waals surface area contributed by atoms with Crippen LogP contribution >= 0.6 is 0 Å². The van der Waals surface area contributed by atoms with Crippen molar-refractivity contribution in [2.45, 2.75) is 6.04 Å². The average molecular weight is 181 g/mol. The highest BCUT2D eigenvalue weighted by Gasteiger charge is 2.07. The summed E-state index contributed by atoms with van der Waals surface area (Å²) in [7, 11) is 1.59. The van der Waals surface area contributed by atoms with Crippen LogP contribution in [0, 0.1) is 0 Å². The van der Waals surface area contributed by atoms with Gasteiger partial charge in [0.1, 0.15) is 5.75 Å². The van der Waals surface area contributed by atoms with Crippen LogP contribution in [0.1, 0.15) is 11.6 Å². The molecular formula is C9H15N3O. The third kappa shape index (κ3) is 2.11. The first kappa shape index (κ1) is 9.83. The Morgan fingerprint density at radius 3 is 2.62 bits per heavy atom. The van der Waals surface area contributed by atoms with Gasteiger partial charge in [0.25, 0.3) is 0 Å². The molecule has 0 aliphatic heterocycles. The fraction of sp³-hybridized carbons (Fsp3) is 0.333. The lowest BCUT2D eigenvalue weighted by Gasteiger charge is -2.12. The molecule has 13 heavy (non-hydrogen) atoms. The molecule has 0 heterocycles. The molecule has 6 N–H and O–H groups in total. The molecule has 0 spiro atoms. The van der Waals surface area contributed by atoms with Crippen LogP contribution in [0.4, 0.5) is 5.69 Å². The molecule has 0 saturated heterocycles. The molecule has 1 atom stereocenters. The maximum Gasteiger partial charge on any atom is 0.120 e. The molecular weight excluding hydrogens is 166 g/mol. The van der Waals surface area contributed by atoms with Gasteiger partial charge in [-0.2, -0.15) is 0 Å². The molecule has 72 valence electrons. The van der Waals surface area contributed by atoms with Crippen molar-refractivity contribution in [2.75, 3.05) is 19.4 Å². The molecule has 4 nitrogen and oxygen atoms in total. The third-order valence-electron chi connectivity index (χ3n) is 1.95. The Hall–Kier alpha value is -1.26. The van der Waals surface area contributed by atoms with Crippen LogP contribution in [0.15, 0.2) is 18.2 Å². The Bertz CT molecular complexity index is 288. The standard InChI is InChI=1S/C9H15N3O/c1-13-6-2-3-7(8(11)4-6)9(12)5-10/h2-4,9H,5,10-12H2,1H3. The fourth-order valence-electron chi connectivity index (χ4n) is 1.14. The lowest BCUT2D eigenvalue weighted by molar-refractivity contribution is 0.415. The second-order valence-corrected chi connectivity index (χ2v) is 2.84. The average Bonchev–Trinajstić information content (AvgIpc) is 2.16. The minimum atomic E-state index is -0.203. The van der Waals surface area contributed by atoms with Crippen LogP contribution in [-0.2, 0) is 0 Å². The van der Waals surface area contributed by atoms with Gasteiger partial charge in [-0.25, -0.2) is 0 Å². The van der Waals surface area contributed by atoms with Gasteiger partial charge in [0.05, 0.1) is 7.11 Å². The van der Waals surface area contributed by atoms with Gasteiger partial charge in [-0.1, -0.05) is 6.07 Å². The van der Waals surface area contributed by atoms with E-state index in [1.54, 1.807) is 13.2 Å². The first-order valence-electron chi connectivity index (χ1n) is 4.08. The molecule has 1 aromatic rings. The van der Waals surface area contributed by atoms with E-state index in [9.17, 15) is 0 Å². The molecule has 4 heteroatoms. The maximum absolute atomic E-state index is 5.76. The highest BCUT2D eigenvalue weighted by atomic mass is 16.5. The number of rotatable bonds is 3. The summed E-state index contributed by atoms with van der Waals surface area (Å²) in [5.41, 5.74) is 18.4. The van der Waals surface area contributed by atoms with Gasteiger partial charge in [-0.3, -0.25) is 0 Å². The van der Waals surface area contributed by atoms with E-state index in [0.717, 1.165) is 11.3 Å². The monoisotopic (exact) mass is 181 g/mol. The number of nitrogen functional groups attached to an aromatic ring is 1. The molecule has 0 radical (unpaired) electrons.